The molecule has 10 rings (SSSR count). The van der Waals surface area contributed by atoms with Crippen molar-refractivity contribution in [3.8, 4) is 44.5 Å². The highest BCUT2D eigenvalue weighted by molar-refractivity contribution is 6.23. The molecule has 0 saturated carbocycles. The van der Waals surface area contributed by atoms with Gasteiger partial charge in [-0.1, -0.05) is 158 Å². The fourth-order valence-corrected chi connectivity index (χ4v) is 7.43. The third-order valence-electron chi connectivity index (χ3n) is 9.54. The summed E-state index contributed by atoms with van der Waals surface area (Å²) in [5.41, 5.74) is 8.55. The summed E-state index contributed by atoms with van der Waals surface area (Å²) < 4.78 is 67.9. The van der Waals surface area contributed by atoms with E-state index in [1.807, 2.05) is 84.9 Å². The van der Waals surface area contributed by atoms with Crippen LogP contribution >= 0.6 is 0 Å². The van der Waals surface area contributed by atoms with Gasteiger partial charge in [0.15, 0.2) is 0 Å². The summed E-state index contributed by atoms with van der Waals surface area (Å²) in [6.07, 6.45) is 0. The zero-order valence-electron chi connectivity index (χ0n) is 33.2. The van der Waals surface area contributed by atoms with Crippen LogP contribution in [0.25, 0.3) is 98.8 Å². The van der Waals surface area contributed by atoms with E-state index in [0.29, 0.717) is 5.56 Å². The maximum absolute atomic E-state index is 9.24. The fourth-order valence-electron chi connectivity index (χ4n) is 7.43. The minimum absolute atomic E-state index is 0.0618. The lowest BCUT2D eigenvalue weighted by Crippen LogP contribution is -1.92. The van der Waals surface area contributed by atoms with Gasteiger partial charge in [0.1, 0.15) is 11.2 Å². The Morgan fingerprint density at radius 3 is 1.76 bits per heavy atom. The highest BCUT2D eigenvalue weighted by atomic mass is 16.3. The second-order valence-corrected chi connectivity index (χ2v) is 12.3. The smallest absolute Gasteiger partial charge is 0.136 e. The van der Waals surface area contributed by atoms with Gasteiger partial charge in [-0.3, -0.25) is 0 Å². The molecule has 1 heteroatoms. The molecule has 0 saturated heterocycles. The van der Waals surface area contributed by atoms with Crippen molar-refractivity contribution in [1.29, 1.82) is 0 Å². The molecule has 0 aliphatic carbocycles. The molecular weight excluding hydrogens is 593 g/mol. The molecule has 0 radical (unpaired) electrons. The Hall–Kier alpha value is -6.44. The number of rotatable bonds is 4. The zero-order chi connectivity index (χ0) is 38.4. The average Bonchev–Trinajstić information content (AvgIpc) is 3.62. The predicted molar refractivity (Wildman–Crippen MR) is 208 cm³/mol. The van der Waals surface area contributed by atoms with E-state index in [1.165, 1.54) is 0 Å². The van der Waals surface area contributed by atoms with Crippen LogP contribution in [-0.4, -0.2) is 0 Å². The number of para-hydroxylation sites is 1. The average molecular weight is 630 g/mol. The van der Waals surface area contributed by atoms with Crippen molar-refractivity contribution < 1.29 is 14.0 Å². The minimum atomic E-state index is -0.473. The molecule has 49 heavy (non-hydrogen) atoms. The summed E-state index contributed by atoms with van der Waals surface area (Å²) in [5.74, 6) is 0. The van der Waals surface area contributed by atoms with Gasteiger partial charge in [0.25, 0.3) is 0 Å². The van der Waals surface area contributed by atoms with Gasteiger partial charge in [-0.05, 0) is 101 Å². The van der Waals surface area contributed by atoms with Crippen LogP contribution in [0.1, 0.15) is 9.60 Å². The molecule has 10 aromatic rings. The van der Waals surface area contributed by atoms with Crippen molar-refractivity contribution in [2.24, 2.45) is 0 Å². The second kappa shape index (κ2) is 11.1. The summed E-state index contributed by atoms with van der Waals surface area (Å²) in [4.78, 5) is 0. The molecule has 0 bridgehead atoms. The number of fused-ring (bicyclic) bond motifs is 6. The standard InChI is InChI=1S/C48H30O/c1-2-14-32(15-3-1)43-29-35(30-45-48(43)42-25-10-11-27-44(42)49-45)33-18-12-19-34(28-33)46-38-21-6-8-23-40(38)47(41-24-9-7-22-39(41)46)37-26-13-17-31-16-4-5-20-36(31)37/h1-30H/i4D,5D,13D,16D,17D,20D,26D. The quantitative estimate of drug-likeness (QED) is 0.177. The normalized spacial score (nSPS) is 13.7. The summed E-state index contributed by atoms with van der Waals surface area (Å²) >= 11 is 0. The Labute approximate surface area is 294 Å². The van der Waals surface area contributed by atoms with E-state index in [4.69, 9.17) is 12.6 Å². The highest BCUT2D eigenvalue weighted by Gasteiger charge is 2.19. The molecule has 1 heterocycles. The van der Waals surface area contributed by atoms with Gasteiger partial charge in [0, 0.05) is 10.8 Å². The molecule has 9 aromatic carbocycles. The Morgan fingerprint density at radius 2 is 0.980 bits per heavy atom. The maximum Gasteiger partial charge on any atom is 0.136 e. The van der Waals surface area contributed by atoms with Crippen LogP contribution in [0.2, 0.25) is 0 Å². The van der Waals surface area contributed by atoms with Crippen LogP contribution in [0.4, 0.5) is 0 Å². The monoisotopic (exact) mass is 629 g/mol. The Balaban J connectivity index is 1.26. The molecule has 0 aliphatic rings. The number of benzene rings is 9. The summed E-state index contributed by atoms with van der Waals surface area (Å²) in [7, 11) is 0. The first-order chi connectivity index (χ1) is 27.2. The van der Waals surface area contributed by atoms with Gasteiger partial charge in [-0.25, -0.2) is 0 Å². The van der Waals surface area contributed by atoms with E-state index in [-0.39, 0.29) is 40.5 Å². The Bertz CT molecular complexity index is 3210. The van der Waals surface area contributed by atoms with Crippen LogP contribution in [-0.2, 0) is 0 Å². The number of hydrogen-bond acceptors (Lipinski definition) is 1. The van der Waals surface area contributed by atoms with Crippen LogP contribution < -0.4 is 0 Å². The van der Waals surface area contributed by atoms with Gasteiger partial charge in [0.2, 0.25) is 0 Å². The topological polar surface area (TPSA) is 13.1 Å². The predicted octanol–water partition coefficient (Wildman–Crippen LogP) is 13.7. The number of hydrogen-bond donors (Lipinski definition) is 0. The Kier molecular flexibility index (Phi) is 4.85. The molecule has 0 atom stereocenters. The van der Waals surface area contributed by atoms with Gasteiger partial charge < -0.3 is 4.42 Å². The first-order valence-electron chi connectivity index (χ1n) is 19.8. The Morgan fingerprint density at radius 1 is 0.367 bits per heavy atom. The molecule has 0 aliphatic heterocycles. The highest BCUT2D eigenvalue weighted by Crippen LogP contribution is 2.46. The van der Waals surface area contributed by atoms with Gasteiger partial charge in [-0.15, -0.1) is 0 Å². The number of furan rings is 1. The van der Waals surface area contributed by atoms with Crippen molar-refractivity contribution in [3.05, 3.63) is 182 Å². The van der Waals surface area contributed by atoms with E-state index < -0.39 is 18.1 Å². The van der Waals surface area contributed by atoms with E-state index in [9.17, 15) is 1.37 Å². The first-order valence-corrected chi connectivity index (χ1v) is 16.3. The molecule has 228 valence electrons. The minimum Gasteiger partial charge on any atom is -0.456 e. The van der Waals surface area contributed by atoms with E-state index in [1.54, 1.807) is 0 Å². The lowest BCUT2D eigenvalue weighted by atomic mass is 9.84. The van der Waals surface area contributed by atoms with Crippen LogP contribution in [0, 0.1) is 0 Å². The van der Waals surface area contributed by atoms with E-state index >= 15 is 0 Å². The molecule has 0 N–H and O–H groups in total. The van der Waals surface area contributed by atoms with Crippen molar-refractivity contribution in [2.45, 2.75) is 0 Å². The largest absolute Gasteiger partial charge is 0.456 e. The molecular formula is C48H30O. The molecule has 0 fully saturated rings. The molecule has 1 aromatic heterocycles. The van der Waals surface area contributed by atoms with E-state index in [2.05, 4.69) is 54.6 Å². The van der Waals surface area contributed by atoms with Crippen molar-refractivity contribution in [1.82, 2.24) is 0 Å². The zero-order valence-corrected chi connectivity index (χ0v) is 26.2. The van der Waals surface area contributed by atoms with Crippen LogP contribution in [0.5, 0.6) is 0 Å². The lowest BCUT2D eigenvalue weighted by molar-refractivity contribution is 0.669. The van der Waals surface area contributed by atoms with Crippen LogP contribution in [0.3, 0.4) is 0 Å². The maximum atomic E-state index is 9.24. The summed E-state index contributed by atoms with van der Waals surface area (Å²) in [6.45, 7) is 0. The fraction of sp³-hybridized carbons (Fsp3) is 0. The van der Waals surface area contributed by atoms with E-state index in [0.717, 1.165) is 76.9 Å². The summed E-state index contributed by atoms with van der Waals surface area (Å²) in [6, 6.07) is 44.3. The van der Waals surface area contributed by atoms with Crippen molar-refractivity contribution in [2.75, 3.05) is 0 Å². The van der Waals surface area contributed by atoms with Gasteiger partial charge in [0.05, 0.1) is 9.60 Å². The molecule has 0 spiro atoms. The molecule has 1 nitrogen and oxygen atoms in total. The molecule has 0 amide bonds. The lowest BCUT2D eigenvalue weighted by Gasteiger charge is -2.19. The SMILES string of the molecule is [2H]c1c([2H])c([2H])c2c(-c3c4ccccc4c(-c4cccc(-c5cc(-c6ccccc6)c6c(c5)oc5ccccc56)c4)c4ccccc34)c([2H])c([2H])c([2H])c2c1[2H]. The first kappa shape index (κ1) is 21.4. The van der Waals surface area contributed by atoms with Crippen LogP contribution in [0.15, 0.2) is 186 Å². The third-order valence-corrected chi connectivity index (χ3v) is 9.54. The van der Waals surface area contributed by atoms with Crippen molar-refractivity contribution in [3.63, 3.8) is 0 Å². The third kappa shape index (κ3) is 4.40. The van der Waals surface area contributed by atoms with Gasteiger partial charge >= 0.3 is 0 Å². The summed E-state index contributed by atoms with van der Waals surface area (Å²) in [5, 5.41) is 5.43. The molecule has 0 unspecified atom stereocenters. The van der Waals surface area contributed by atoms with Crippen molar-refractivity contribution >= 4 is 54.3 Å². The van der Waals surface area contributed by atoms with Gasteiger partial charge in [-0.2, -0.15) is 0 Å². The second-order valence-electron chi connectivity index (χ2n) is 12.3.